The summed E-state index contributed by atoms with van der Waals surface area (Å²) in [5.41, 5.74) is -0.0302. The Morgan fingerprint density at radius 1 is 1.29 bits per heavy atom. The van der Waals surface area contributed by atoms with Gasteiger partial charge in [-0.1, -0.05) is 6.07 Å². The van der Waals surface area contributed by atoms with Gasteiger partial charge in [0.05, 0.1) is 5.56 Å². The Kier molecular flexibility index (Phi) is 4.99. The summed E-state index contributed by atoms with van der Waals surface area (Å²) >= 11 is 0. The topological polar surface area (TPSA) is 75.6 Å². The van der Waals surface area contributed by atoms with Crippen LogP contribution in [0.4, 0.5) is 4.79 Å². The van der Waals surface area contributed by atoms with Crippen molar-refractivity contribution in [2.24, 2.45) is 0 Å². The molecule has 5 nitrogen and oxygen atoms in total. The fourth-order valence-electron chi connectivity index (χ4n) is 1.93. The number of rotatable bonds is 4. The first kappa shape index (κ1) is 17.0. The summed E-state index contributed by atoms with van der Waals surface area (Å²) in [5.74, 6) is -0.0597. The third-order valence-corrected chi connectivity index (χ3v) is 2.71. The van der Waals surface area contributed by atoms with Crippen LogP contribution in [0, 0.1) is 0 Å². The second-order valence-electron chi connectivity index (χ2n) is 6.70. The smallest absolute Gasteiger partial charge is 0.408 e. The van der Waals surface area contributed by atoms with Crippen molar-refractivity contribution in [2.45, 2.75) is 52.2 Å². The summed E-state index contributed by atoms with van der Waals surface area (Å²) < 4.78 is 5.23. The minimum absolute atomic E-state index is 0.0597. The third-order valence-electron chi connectivity index (χ3n) is 2.71. The summed E-state index contributed by atoms with van der Waals surface area (Å²) in [6, 6.07) is 4.84. The zero-order valence-corrected chi connectivity index (χ0v) is 13.2. The molecule has 0 saturated carbocycles. The van der Waals surface area contributed by atoms with Crippen molar-refractivity contribution in [1.29, 1.82) is 0 Å². The molecule has 2 N–H and O–H groups in total. The molecule has 0 radical (unpaired) electrons. The van der Waals surface area contributed by atoms with Gasteiger partial charge in [-0.05, 0) is 58.7 Å². The Morgan fingerprint density at radius 2 is 1.90 bits per heavy atom. The molecule has 21 heavy (non-hydrogen) atoms. The third kappa shape index (κ3) is 5.85. The fourth-order valence-corrected chi connectivity index (χ4v) is 1.93. The van der Waals surface area contributed by atoms with E-state index in [4.69, 9.17) is 4.74 Å². The number of ether oxygens (including phenoxy) is 1. The normalized spacial score (nSPS) is 11.9. The van der Waals surface area contributed by atoms with E-state index in [9.17, 15) is 14.7 Å². The van der Waals surface area contributed by atoms with Gasteiger partial charge in [-0.2, -0.15) is 0 Å². The van der Waals surface area contributed by atoms with Crippen LogP contribution in [0.25, 0.3) is 0 Å². The second kappa shape index (κ2) is 6.16. The molecule has 5 heteroatoms. The quantitative estimate of drug-likeness (QED) is 0.837. The summed E-state index contributed by atoms with van der Waals surface area (Å²) in [4.78, 5) is 22.5. The van der Waals surface area contributed by atoms with E-state index < -0.39 is 17.2 Å². The maximum absolute atomic E-state index is 11.8. The summed E-state index contributed by atoms with van der Waals surface area (Å²) in [6.45, 7) is 9.13. The van der Waals surface area contributed by atoms with Crippen molar-refractivity contribution < 1.29 is 19.4 Å². The molecule has 0 heterocycles. The number of phenols is 1. The molecule has 0 saturated heterocycles. The molecule has 0 bridgehead atoms. The van der Waals surface area contributed by atoms with Crippen molar-refractivity contribution in [3.8, 4) is 5.75 Å². The maximum Gasteiger partial charge on any atom is 0.408 e. The van der Waals surface area contributed by atoms with E-state index in [1.165, 1.54) is 6.07 Å². The lowest BCUT2D eigenvalue weighted by atomic mass is 9.94. The first-order valence-corrected chi connectivity index (χ1v) is 6.81. The molecule has 0 aliphatic rings. The molecule has 0 spiro atoms. The lowest BCUT2D eigenvalue weighted by molar-refractivity contribution is 0.0472. The molecular weight excluding hydrogens is 270 g/mol. The molecule has 0 aliphatic carbocycles. The Hall–Kier alpha value is -2.04. The molecule has 0 fully saturated rings. The van der Waals surface area contributed by atoms with Gasteiger partial charge in [-0.15, -0.1) is 0 Å². The number of hydrogen-bond donors (Lipinski definition) is 2. The molecule has 1 rings (SSSR count). The van der Waals surface area contributed by atoms with Gasteiger partial charge in [0, 0.05) is 5.54 Å². The van der Waals surface area contributed by atoms with Crippen LogP contribution in [0.3, 0.4) is 0 Å². The highest BCUT2D eigenvalue weighted by Crippen LogP contribution is 2.21. The minimum Gasteiger partial charge on any atom is -0.507 e. The van der Waals surface area contributed by atoms with E-state index in [1.807, 2.05) is 13.8 Å². The number of benzene rings is 1. The average Bonchev–Trinajstić information content (AvgIpc) is 2.24. The maximum atomic E-state index is 11.8. The van der Waals surface area contributed by atoms with Crippen LogP contribution in [-0.4, -0.2) is 28.6 Å². The van der Waals surface area contributed by atoms with Crippen molar-refractivity contribution in [1.82, 2.24) is 5.32 Å². The van der Waals surface area contributed by atoms with Gasteiger partial charge < -0.3 is 15.2 Å². The van der Waals surface area contributed by atoms with Crippen molar-refractivity contribution >= 4 is 12.4 Å². The standard InChI is InChI=1S/C16H23NO4/c1-15(2,3)21-14(20)17-16(4,5)9-11-6-7-12(10-18)13(19)8-11/h6-8,10,19H,9H2,1-5H3,(H,17,20). The predicted molar refractivity (Wildman–Crippen MR) is 80.6 cm³/mol. The second-order valence-corrected chi connectivity index (χ2v) is 6.70. The number of phenolic OH excluding ortho intramolecular Hbond substituents is 1. The van der Waals surface area contributed by atoms with E-state index in [-0.39, 0.29) is 11.3 Å². The van der Waals surface area contributed by atoms with Crippen LogP contribution in [0.1, 0.15) is 50.5 Å². The highest BCUT2D eigenvalue weighted by molar-refractivity contribution is 5.79. The highest BCUT2D eigenvalue weighted by Gasteiger charge is 2.25. The summed E-state index contributed by atoms with van der Waals surface area (Å²) in [7, 11) is 0. The number of aldehydes is 1. The Balaban J connectivity index is 2.74. The molecular formula is C16H23NO4. The average molecular weight is 293 g/mol. The zero-order valence-electron chi connectivity index (χ0n) is 13.2. The predicted octanol–water partition coefficient (Wildman–Crippen LogP) is 3.05. The Morgan fingerprint density at radius 3 is 2.38 bits per heavy atom. The van der Waals surface area contributed by atoms with Gasteiger partial charge in [0.25, 0.3) is 0 Å². The van der Waals surface area contributed by atoms with Crippen LogP contribution in [0.15, 0.2) is 18.2 Å². The van der Waals surface area contributed by atoms with Crippen LogP contribution < -0.4 is 5.32 Å². The zero-order chi connectivity index (χ0) is 16.3. The molecule has 1 aromatic rings. The van der Waals surface area contributed by atoms with Gasteiger partial charge in [0.2, 0.25) is 0 Å². The van der Waals surface area contributed by atoms with Gasteiger partial charge in [-0.3, -0.25) is 4.79 Å². The van der Waals surface area contributed by atoms with E-state index in [2.05, 4.69) is 5.32 Å². The van der Waals surface area contributed by atoms with Crippen molar-refractivity contribution in [3.63, 3.8) is 0 Å². The Labute approximate surface area is 125 Å². The number of carbonyl (C=O) groups is 2. The van der Waals surface area contributed by atoms with Crippen LogP contribution in [0.2, 0.25) is 0 Å². The molecule has 1 amide bonds. The van der Waals surface area contributed by atoms with Crippen LogP contribution >= 0.6 is 0 Å². The van der Waals surface area contributed by atoms with Crippen LogP contribution in [0.5, 0.6) is 5.75 Å². The molecule has 0 atom stereocenters. The monoisotopic (exact) mass is 293 g/mol. The van der Waals surface area contributed by atoms with Crippen LogP contribution in [-0.2, 0) is 11.2 Å². The number of carbonyl (C=O) groups excluding carboxylic acids is 2. The number of aromatic hydroxyl groups is 1. The van der Waals surface area contributed by atoms with E-state index >= 15 is 0 Å². The molecule has 1 aromatic carbocycles. The largest absolute Gasteiger partial charge is 0.507 e. The van der Waals surface area contributed by atoms with E-state index in [1.54, 1.807) is 32.9 Å². The van der Waals surface area contributed by atoms with E-state index in [0.717, 1.165) is 5.56 Å². The van der Waals surface area contributed by atoms with Gasteiger partial charge in [0.1, 0.15) is 11.4 Å². The summed E-state index contributed by atoms with van der Waals surface area (Å²) in [5, 5.41) is 12.5. The number of alkyl carbamates (subject to hydrolysis) is 1. The van der Waals surface area contributed by atoms with Gasteiger partial charge in [-0.25, -0.2) is 4.79 Å². The minimum atomic E-state index is -0.552. The first-order valence-electron chi connectivity index (χ1n) is 6.81. The molecule has 0 unspecified atom stereocenters. The molecule has 116 valence electrons. The SMILES string of the molecule is CC(C)(Cc1ccc(C=O)c(O)c1)NC(=O)OC(C)(C)C. The van der Waals surface area contributed by atoms with Gasteiger partial charge >= 0.3 is 6.09 Å². The Bertz CT molecular complexity index is 530. The van der Waals surface area contributed by atoms with Gasteiger partial charge in [0.15, 0.2) is 6.29 Å². The molecule has 0 aliphatic heterocycles. The first-order chi connectivity index (χ1) is 9.52. The fraction of sp³-hybridized carbons (Fsp3) is 0.500. The summed E-state index contributed by atoms with van der Waals surface area (Å²) in [6.07, 6.45) is 0.614. The lowest BCUT2D eigenvalue weighted by Gasteiger charge is -2.28. The van der Waals surface area contributed by atoms with Crippen molar-refractivity contribution in [3.05, 3.63) is 29.3 Å². The number of nitrogens with one attached hydrogen (secondary N) is 1. The van der Waals surface area contributed by atoms with Crippen molar-refractivity contribution in [2.75, 3.05) is 0 Å². The number of amides is 1. The van der Waals surface area contributed by atoms with E-state index in [0.29, 0.717) is 12.7 Å². The number of hydrogen-bond acceptors (Lipinski definition) is 4. The molecule has 0 aromatic heterocycles. The lowest BCUT2D eigenvalue weighted by Crippen LogP contribution is -2.47. The highest BCUT2D eigenvalue weighted by atomic mass is 16.6.